The van der Waals surface area contributed by atoms with Gasteiger partial charge >= 0.3 is 0 Å². The van der Waals surface area contributed by atoms with Gasteiger partial charge in [-0.25, -0.2) is 0 Å². The molecule has 0 bridgehead atoms. The van der Waals surface area contributed by atoms with Crippen molar-refractivity contribution in [2.75, 3.05) is 5.32 Å². The molecule has 1 amide bonds. The van der Waals surface area contributed by atoms with Gasteiger partial charge in [-0.1, -0.05) is 29.3 Å². The fourth-order valence-electron chi connectivity index (χ4n) is 1.73. The predicted molar refractivity (Wildman–Crippen MR) is 82.2 cm³/mol. The van der Waals surface area contributed by atoms with E-state index in [1.54, 1.807) is 12.1 Å². The van der Waals surface area contributed by atoms with Crippen molar-refractivity contribution < 1.29 is 9.72 Å². The first-order chi connectivity index (χ1) is 9.88. The van der Waals surface area contributed by atoms with Crippen molar-refractivity contribution in [3.05, 3.63) is 67.7 Å². The highest BCUT2D eigenvalue weighted by Gasteiger charge is 2.16. The number of anilines is 1. The van der Waals surface area contributed by atoms with Crippen LogP contribution in [0.25, 0.3) is 0 Å². The van der Waals surface area contributed by atoms with Crippen LogP contribution in [0, 0.1) is 17.0 Å². The first kappa shape index (κ1) is 15.3. The van der Waals surface area contributed by atoms with Crippen molar-refractivity contribution in [1.82, 2.24) is 0 Å². The summed E-state index contributed by atoms with van der Waals surface area (Å²) < 4.78 is 0. The average Bonchev–Trinajstić information content (AvgIpc) is 2.42. The number of amides is 1. The number of nitrogens with one attached hydrogen (secondary N) is 1. The number of aryl methyl sites for hydroxylation is 1. The number of carbonyl (C=O) groups is 1. The van der Waals surface area contributed by atoms with E-state index >= 15 is 0 Å². The van der Waals surface area contributed by atoms with Gasteiger partial charge in [0, 0.05) is 12.1 Å². The Balaban J connectivity index is 2.28. The summed E-state index contributed by atoms with van der Waals surface area (Å²) in [5.74, 6) is -0.484. The summed E-state index contributed by atoms with van der Waals surface area (Å²) >= 11 is 11.9. The van der Waals surface area contributed by atoms with E-state index in [0.717, 1.165) is 11.6 Å². The third kappa shape index (κ3) is 3.51. The molecule has 5 nitrogen and oxygen atoms in total. The molecular formula is C14H10Cl2N2O3. The van der Waals surface area contributed by atoms with Crippen LogP contribution in [0.3, 0.4) is 0 Å². The Kier molecular flexibility index (Phi) is 4.45. The molecule has 2 aromatic carbocycles. The molecule has 0 aromatic heterocycles. The van der Waals surface area contributed by atoms with Crippen molar-refractivity contribution in [3.63, 3.8) is 0 Å². The van der Waals surface area contributed by atoms with Crippen LogP contribution in [-0.4, -0.2) is 10.8 Å². The lowest BCUT2D eigenvalue weighted by molar-refractivity contribution is -0.384. The molecule has 2 rings (SSSR count). The zero-order valence-electron chi connectivity index (χ0n) is 10.9. The molecule has 0 aliphatic carbocycles. The average molecular weight is 325 g/mol. The van der Waals surface area contributed by atoms with E-state index in [0.29, 0.717) is 10.7 Å². The van der Waals surface area contributed by atoms with E-state index in [9.17, 15) is 14.9 Å². The highest BCUT2D eigenvalue weighted by Crippen LogP contribution is 2.26. The molecule has 0 unspecified atom stereocenters. The summed E-state index contributed by atoms with van der Waals surface area (Å²) in [5, 5.41) is 13.7. The number of nitro benzene ring substituents is 1. The van der Waals surface area contributed by atoms with Crippen molar-refractivity contribution in [3.8, 4) is 0 Å². The lowest BCUT2D eigenvalue weighted by Gasteiger charge is -2.09. The molecule has 0 aliphatic heterocycles. The second-order valence-electron chi connectivity index (χ2n) is 4.36. The third-order valence-corrected chi connectivity index (χ3v) is 3.42. The number of hydrogen-bond acceptors (Lipinski definition) is 3. The van der Waals surface area contributed by atoms with E-state index in [1.807, 2.05) is 13.0 Å². The van der Waals surface area contributed by atoms with Crippen LogP contribution in [0.4, 0.5) is 11.4 Å². The molecule has 7 heteroatoms. The molecule has 0 radical (unpaired) electrons. The van der Waals surface area contributed by atoms with Gasteiger partial charge in [0.15, 0.2) is 0 Å². The van der Waals surface area contributed by atoms with Crippen LogP contribution in [0.1, 0.15) is 15.9 Å². The highest BCUT2D eigenvalue weighted by molar-refractivity contribution is 6.36. The monoisotopic (exact) mass is 324 g/mol. The second kappa shape index (κ2) is 6.11. The largest absolute Gasteiger partial charge is 0.321 e. The summed E-state index contributed by atoms with van der Waals surface area (Å²) in [5.41, 5.74) is 1.35. The van der Waals surface area contributed by atoms with Crippen LogP contribution in [-0.2, 0) is 0 Å². The molecule has 0 saturated carbocycles. The summed E-state index contributed by atoms with van der Waals surface area (Å²) in [6.07, 6.45) is 0. The number of nitrogens with zero attached hydrogens (tertiary/aromatic N) is 1. The lowest BCUT2D eigenvalue weighted by atomic mass is 10.1. The van der Waals surface area contributed by atoms with E-state index in [1.165, 1.54) is 12.1 Å². The minimum atomic E-state index is -0.578. The van der Waals surface area contributed by atoms with Crippen molar-refractivity contribution in [2.24, 2.45) is 0 Å². The Labute approximate surface area is 130 Å². The van der Waals surface area contributed by atoms with Crippen molar-refractivity contribution >= 4 is 40.5 Å². The van der Waals surface area contributed by atoms with E-state index in [-0.39, 0.29) is 16.3 Å². The Hall–Kier alpha value is -2.11. The van der Waals surface area contributed by atoms with Gasteiger partial charge in [0.05, 0.1) is 26.2 Å². The summed E-state index contributed by atoms with van der Waals surface area (Å²) in [7, 11) is 0. The molecule has 21 heavy (non-hydrogen) atoms. The molecule has 0 atom stereocenters. The maximum absolute atomic E-state index is 12.2. The first-order valence-electron chi connectivity index (χ1n) is 5.90. The third-order valence-electron chi connectivity index (χ3n) is 2.78. The number of non-ortho nitro benzene ring substituents is 1. The van der Waals surface area contributed by atoms with Crippen molar-refractivity contribution in [1.29, 1.82) is 0 Å². The van der Waals surface area contributed by atoms with Gasteiger partial charge in [-0.2, -0.15) is 0 Å². The van der Waals surface area contributed by atoms with Crippen LogP contribution in [0.2, 0.25) is 10.0 Å². The minimum Gasteiger partial charge on any atom is -0.321 e. The molecule has 108 valence electrons. The number of hydrogen-bond donors (Lipinski definition) is 1. The molecule has 2 aromatic rings. The second-order valence-corrected chi connectivity index (χ2v) is 5.17. The van der Waals surface area contributed by atoms with Gasteiger partial charge in [-0.05, 0) is 30.7 Å². The lowest BCUT2D eigenvalue weighted by Crippen LogP contribution is -2.13. The maximum atomic E-state index is 12.2. The maximum Gasteiger partial charge on any atom is 0.270 e. The van der Waals surface area contributed by atoms with Gasteiger partial charge in [-0.3, -0.25) is 14.9 Å². The van der Waals surface area contributed by atoms with E-state index in [2.05, 4.69) is 5.32 Å². The SMILES string of the molecule is Cc1ccc(Cl)c(NC(=O)c2ccc([N+](=O)[O-])cc2Cl)c1. The smallest absolute Gasteiger partial charge is 0.270 e. The topological polar surface area (TPSA) is 72.2 Å². The predicted octanol–water partition coefficient (Wildman–Crippen LogP) is 4.46. The van der Waals surface area contributed by atoms with E-state index in [4.69, 9.17) is 23.2 Å². The Morgan fingerprint density at radius 1 is 1.14 bits per heavy atom. The summed E-state index contributed by atoms with van der Waals surface area (Å²) in [4.78, 5) is 22.2. The number of carbonyl (C=O) groups excluding carboxylic acids is 1. The highest BCUT2D eigenvalue weighted by atomic mass is 35.5. The minimum absolute atomic E-state index is 0.00507. The Morgan fingerprint density at radius 2 is 1.86 bits per heavy atom. The van der Waals surface area contributed by atoms with Gasteiger partial charge < -0.3 is 5.32 Å². The van der Waals surface area contributed by atoms with Gasteiger partial charge in [0.2, 0.25) is 0 Å². The molecule has 0 aliphatic rings. The zero-order valence-corrected chi connectivity index (χ0v) is 12.4. The molecule has 0 fully saturated rings. The molecule has 1 N–H and O–H groups in total. The number of rotatable bonds is 3. The fraction of sp³-hybridized carbons (Fsp3) is 0.0714. The van der Waals surface area contributed by atoms with Crippen molar-refractivity contribution in [2.45, 2.75) is 6.92 Å². The van der Waals surface area contributed by atoms with E-state index < -0.39 is 10.8 Å². The fourth-order valence-corrected chi connectivity index (χ4v) is 2.15. The Bertz CT molecular complexity index is 732. The summed E-state index contributed by atoms with van der Waals surface area (Å²) in [6, 6.07) is 8.87. The van der Waals surface area contributed by atoms with Gasteiger partial charge in [0.1, 0.15) is 0 Å². The van der Waals surface area contributed by atoms with Crippen LogP contribution >= 0.6 is 23.2 Å². The Morgan fingerprint density at radius 3 is 2.48 bits per heavy atom. The molecule has 0 heterocycles. The standard InChI is InChI=1S/C14H10Cl2N2O3/c1-8-2-5-11(15)13(6-8)17-14(19)10-4-3-9(18(20)21)7-12(10)16/h2-7H,1H3,(H,17,19). The normalized spacial score (nSPS) is 10.2. The number of nitro groups is 1. The molecule has 0 saturated heterocycles. The summed E-state index contributed by atoms with van der Waals surface area (Å²) in [6.45, 7) is 1.87. The quantitative estimate of drug-likeness (QED) is 0.669. The first-order valence-corrected chi connectivity index (χ1v) is 6.65. The van der Waals surface area contributed by atoms with Gasteiger partial charge in [-0.15, -0.1) is 0 Å². The molecule has 0 spiro atoms. The van der Waals surface area contributed by atoms with Crippen LogP contribution in [0.5, 0.6) is 0 Å². The van der Waals surface area contributed by atoms with Gasteiger partial charge in [0.25, 0.3) is 11.6 Å². The molecular weight excluding hydrogens is 315 g/mol. The van der Waals surface area contributed by atoms with Crippen LogP contribution in [0.15, 0.2) is 36.4 Å². The number of benzene rings is 2. The zero-order chi connectivity index (χ0) is 15.6. The number of halogens is 2. The van der Waals surface area contributed by atoms with Crippen LogP contribution < -0.4 is 5.32 Å².